The molecule has 0 aromatic carbocycles. The number of carbonyl (C=O) groups excluding carboxylic acids is 3. The Bertz CT molecular complexity index is 505. The molecule has 1 saturated heterocycles. The van der Waals surface area contributed by atoms with Crippen molar-refractivity contribution < 1.29 is 14.4 Å². The lowest BCUT2D eigenvalue weighted by atomic mass is 9.93. The predicted octanol–water partition coefficient (Wildman–Crippen LogP) is 1.04. The zero-order valence-electron chi connectivity index (χ0n) is 13.0. The molecular formula is C15H24N4O3. The Morgan fingerprint density at radius 1 is 1.09 bits per heavy atom. The molecule has 4 amide bonds. The van der Waals surface area contributed by atoms with Gasteiger partial charge in [-0.2, -0.15) is 0 Å². The second-order valence-corrected chi connectivity index (χ2v) is 5.89. The van der Waals surface area contributed by atoms with E-state index in [0.29, 0.717) is 6.42 Å². The van der Waals surface area contributed by atoms with Crippen LogP contribution in [0.2, 0.25) is 0 Å². The minimum atomic E-state index is -0.671. The summed E-state index contributed by atoms with van der Waals surface area (Å²) in [5.74, 6) is -1.63. The molecule has 2 rings (SSSR count). The van der Waals surface area contributed by atoms with Gasteiger partial charge in [0, 0.05) is 12.6 Å². The molecule has 122 valence electrons. The van der Waals surface area contributed by atoms with Gasteiger partial charge < -0.3 is 11.5 Å². The van der Waals surface area contributed by atoms with Crippen LogP contribution in [-0.2, 0) is 9.59 Å². The van der Waals surface area contributed by atoms with Gasteiger partial charge in [0.1, 0.15) is 11.4 Å². The first kappa shape index (κ1) is 16.3. The Hall–Kier alpha value is -2.05. The van der Waals surface area contributed by atoms with Crippen molar-refractivity contribution in [2.24, 2.45) is 11.5 Å². The number of carbonyl (C=O) groups is 3. The Balaban J connectivity index is 2.34. The summed E-state index contributed by atoms with van der Waals surface area (Å²) in [6.45, 7) is 2.25. The molecule has 0 unspecified atom stereocenters. The van der Waals surface area contributed by atoms with E-state index in [4.69, 9.17) is 11.5 Å². The normalized spacial score (nSPS) is 20.8. The molecule has 1 aliphatic carbocycles. The number of unbranched alkanes of at least 4 members (excludes halogenated alkanes) is 1. The molecule has 1 heterocycles. The summed E-state index contributed by atoms with van der Waals surface area (Å²) in [7, 11) is 0. The Morgan fingerprint density at radius 2 is 1.73 bits per heavy atom. The van der Waals surface area contributed by atoms with Crippen molar-refractivity contribution >= 4 is 17.8 Å². The van der Waals surface area contributed by atoms with Crippen molar-refractivity contribution in [2.45, 2.75) is 57.9 Å². The van der Waals surface area contributed by atoms with E-state index in [1.54, 1.807) is 0 Å². The number of urea groups is 1. The molecule has 0 radical (unpaired) electrons. The van der Waals surface area contributed by atoms with E-state index in [0.717, 1.165) is 43.4 Å². The van der Waals surface area contributed by atoms with Crippen molar-refractivity contribution in [3.05, 3.63) is 11.4 Å². The van der Waals surface area contributed by atoms with Crippen molar-refractivity contribution in [1.29, 1.82) is 0 Å². The van der Waals surface area contributed by atoms with Crippen molar-refractivity contribution in [3.8, 4) is 0 Å². The number of rotatable bonds is 4. The van der Waals surface area contributed by atoms with E-state index < -0.39 is 17.8 Å². The van der Waals surface area contributed by atoms with E-state index in [1.165, 1.54) is 4.90 Å². The van der Waals surface area contributed by atoms with Gasteiger partial charge >= 0.3 is 6.03 Å². The van der Waals surface area contributed by atoms with Crippen LogP contribution in [0, 0.1) is 0 Å². The molecular weight excluding hydrogens is 284 g/mol. The zero-order chi connectivity index (χ0) is 16.3. The van der Waals surface area contributed by atoms with Crippen LogP contribution in [0.1, 0.15) is 51.9 Å². The molecule has 0 bridgehead atoms. The third-order valence-electron chi connectivity index (χ3n) is 4.29. The summed E-state index contributed by atoms with van der Waals surface area (Å²) < 4.78 is 0. The summed E-state index contributed by atoms with van der Waals surface area (Å²) in [6, 6.07) is -0.694. The minimum Gasteiger partial charge on any atom is -0.385 e. The third-order valence-corrected chi connectivity index (χ3v) is 4.29. The van der Waals surface area contributed by atoms with Crippen LogP contribution in [0.4, 0.5) is 4.79 Å². The van der Waals surface area contributed by atoms with Crippen LogP contribution in [0.5, 0.6) is 0 Å². The van der Waals surface area contributed by atoms with Gasteiger partial charge in [-0.05, 0) is 19.3 Å². The van der Waals surface area contributed by atoms with Gasteiger partial charge in [-0.25, -0.2) is 4.79 Å². The molecule has 7 heteroatoms. The maximum Gasteiger partial charge on any atom is 0.334 e. The number of hydrogen-bond donors (Lipinski definition) is 2. The first-order valence-corrected chi connectivity index (χ1v) is 7.93. The molecule has 0 aromatic rings. The number of hydrogen-bond acceptors (Lipinski definition) is 5. The number of barbiturate groups is 1. The fourth-order valence-electron chi connectivity index (χ4n) is 3.07. The molecule has 0 spiro atoms. The summed E-state index contributed by atoms with van der Waals surface area (Å²) >= 11 is 0. The minimum absolute atomic E-state index is 0.166. The van der Waals surface area contributed by atoms with Crippen molar-refractivity contribution in [1.82, 2.24) is 9.80 Å². The quantitative estimate of drug-likeness (QED) is 0.595. The molecule has 22 heavy (non-hydrogen) atoms. The largest absolute Gasteiger partial charge is 0.385 e. The van der Waals surface area contributed by atoms with E-state index in [9.17, 15) is 14.4 Å². The lowest BCUT2D eigenvalue weighted by Gasteiger charge is -2.39. The highest BCUT2D eigenvalue weighted by molar-refractivity contribution is 6.29. The van der Waals surface area contributed by atoms with E-state index in [2.05, 4.69) is 0 Å². The highest BCUT2D eigenvalue weighted by Crippen LogP contribution is 2.28. The van der Waals surface area contributed by atoms with Crippen LogP contribution < -0.4 is 11.5 Å². The number of nitrogens with zero attached hydrogens (tertiary/aromatic N) is 2. The third kappa shape index (κ3) is 2.93. The first-order chi connectivity index (χ1) is 10.5. The smallest absolute Gasteiger partial charge is 0.334 e. The summed E-state index contributed by atoms with van der Waals surface area (Å²) in [5.41, 5.74) is 10.8. The van der Waals surface area contributed by atoms with Gasteiger partial charge in [0.2, 0.25) is 0 Å². The fourth-order valence-corrected chi connectivity index (χ4v) is 3.07. The SMILES string of the molecule is CCCCN1C(=O)C(=C(N)N)C(=O)N(C2CCCCC2)C1=O. The molecule has 2 fully saturated rings. The van der Waals surface area contributed by atoms with Crippen LogP contribution in [0.25, 0.3) is 0 Å². The predicted molar refractivity (Wildman–Crippen MR) is 81.1 cm³/mol. The average molecular weight is 308 g/mol. The van der Waals surface area contributed by atoms with Crippen LogP contribution in [-0.4, -0.2) is 40.2 Å². The van der Waals surface area contributed by atoms with E-state index >= 15 is 0 Å². The van der Waals surface area contributed by atoms with Crippen molar-refractivity contribution in [2.75, 3.05) is 6.54 Å². The molecule has 2 aliphatic rings. The second-order valence-electron chi connectivity index (χ2n) is 5.89. The molecule has 0 atom stereocenters. The summed E-state index contributed by atoms with van der Waals surface area (Å²) in [4.78, 5) is 39.8. The van der Waals surface area contributed by atoms with Crippen LogP contribution in [0.3, 0.4) is 0 Å². The molecule has 0 aromatic heterocycles. The highest BCUT2D eigenvalue weighted by Gasteiger charge is 2.45. The summed E-state index contributed by atoms with van der Waals surface area (Å²) in [5, 5.41) is 0. The lowest BCUT2D eigenvalue weighted by molar-refractivity contribution is -0.137. The Morgan fingerprint density at radius 3 is 2.27 bits per heavy atom. The standard InChI is InChI=1S/C15H24N4O3/c1-2-3-9-18-13(20)11(12(16)17)14(21)19(15(18)22)10-7-5-4-6-8-10/h10H,2-9,16-17H2,1H3. The number of amides is 4. The molecule has 7 nitrogen and oxygen atoms in total. The number of imide groups is 2. The van der Waals surface area contributed by atoms with Crippen molar-refractivity contribution in [3.63, 3.8) is 0 Å². The van der Waals surface area contributed by atoms with Gasteiger partial charge in [-0.1, -0.05) is 32.6 Å². The topological polar surface area (TPSA) is 110 Å². The van der Waals surface area contributed by atoms with Gasteiger partial charge in [0.15, 0.2) is 0 Å². The Labute approximate surface area is 130 Å². The van der Waals surface area contributed by atoms with Crippen LogP contribution in [0.15, 0.2) is 11.4 Å². The Kier molecular flexibility index (Phi) is 5.05. The van der Waals surface area contributed by atoms with Gasteiger partial charge in [-0.3, -0.25) is 19.4 Å². The first-order valence-electron chi connectivity index (χ1n) is 7.93. The maximum absolute atomic E-state index is 12.6. The molecule has 1 aliphatic heterocycles. The van der Waals surface area contributed by atoms with E-state index in [1.807, 2.05) is 6.92 Å². The lowest BCUT2D eigenvalue weighted by Crippen LogP contribution is -2.60. The monoisotopic (exact) mass is 308 g/mol. The zero-order valence-corrected chi connectivity index (χ0v) is 13.0. The molecule has 1 saturated carbocycles. The van der Waals surface area contributed by atoms with Gasteiger partial charge in [0.05, 0.1) is 0 Å². The fraction of sp³-hybridized carbons (Fsp3) is 0.667. The van der Waals surface area contributed by atoms with E-state index in [-0.39, 0.29) is 24.0 Å². The maximum atomic E-state index is 12.6. The second kappa shape index (κ2) is 6.81. The number of nitrogens with two attached hydrogens (primary N) is 2. The van der Waals surface area contributed by atoms with Gasteiger partial charge in [-0.15, -0.1) is 0 Å². The molecule has 4 N–H and O–H groups in total. The van der Waals surface area contributed by atoms with Crippen LogP contribution >= 0.6 is 0 Å². The summed E-state index contributed by atoms with van der Waals surface area (Å²) in [6.07, 6.45) is 6.11. The van der Waals surface area contributed by atoms with Gasteiger partial charge in [0.25, 0.3) is 11.8 Å². The highest BCUT2D eigenvalue weighted by atomic mass is 16.2. The average Bonchev–Trinajstić information content (AvgIpc) is 2.48.